The fraction of sp³-hybridized carbons (Fsp3) is 0.727. The summed E-state index contributed by atoms with van der Waals surface area (Å²) in [5.74, 6) is 0.00120. The molecule has 1 aromatic rings. The van der Waals surface area contributed by atoms with E-state index in [2.05, 4.69) is 20.9 Å². The first kappa shape index (κ1) is 13.0. The zero-order valence-corrected chi connectivity index (χ0v) is 10.6. The molecule has 1 aliphatic rings. The standard InChI is InChI=1S/C11H19N5O2/c1-18-5-4-12-6-10-7-16(15-14-10)8-11(17)13-9-2-3-9/h7,9,12H,2-6,8H2,1H3,(H,13,17). The van der Waals surface area contributed by atoms with E-state index in [0.29, 0.717) is 19.2 Å². The molecule has 1 fully saturated rings. The number of hydrogen-bond donors (Lipinski definition) is 2. The molecule has 18 heavy (non-hydrogen) atoms. The maximum atomic E-state index is 11.5. The largest absolute Gasteiger partial charge is 0.383 e. The topological polar surface area (TPSA) is 81.1 Å². The van der Waals surface area contributed by atoms with E-state index in [1.54, 1.807) is 18.0 Å². The monoisotopic (exact) mass is 253 g/mol. The van der Waals surface area contributed by atoms with Crippen molar-refractivity contribution in [2.24, 2.45) is 0 Å². The summed E-state index contributed by atoms with van der Waals surface area (Å²) in [6.07, 6.45) is 3.97. The molecule has 1 saturated carbocycles. The lowest BCUT2D eigenvalue weighted by Crippen LogP contribution is -2.29. The molecule has 0 bridgehead atoms. The van der Waals surface area contributed by atoms with Crippen LogP contribution in [0, 0.1) is 0 Å². The minimum absolute atomic E-state index is 0.00120. The van der Waals surface area contributed by atoms with Crippen molar-refractivity contribution in [3.8, 4) is 0 Å². The van der Waals surface area contributed by atoms with Gasteiger partial charge in [-0.1, -0.05) is 5.21 Å². The molecular formula is C11H19N5O2. The van der Waals surface area contributed by atoms with Crippen LogP contribution < -0.4 is 10.6 Å². The summed E-state index contributed by atoms with van der Waals surface area (Å²) in [6, 6.07) is 0.385. The zero-order chi connectivity index (χ0) is 12.8. The Labute approximate surface area is 106 Å². The normalized spacial score (nSPS) is 14.7. The Morgan fingerprint density at radius 3 is 3.17 bits per heavy atom. The van der Waals surface area contributed by atoms with Crippen LogP contribution in [-0.2, 0) is 22.6 Å². The number of rotatable bonds is 8. The number of hydrogen-bond acceptors (Lipinski definition) is 5. The van der Waals surface area contributed by atoms with Crippen LogP contribution in [-0.4, -0.2) is 47.2 Å². The highest BCUT2D eigenvalue weighted by Gasteiger charge is 2.23. The van der Waals surface area contributed by atoms with Crippen molar-refractivity contribution in [2.45, 2.75) is 32.0 Å². The van der Waals surface area contributed by atoms with E-state index in [1.165, 1.54) is 0 Å². The molecule has 2 N–H and O–H groups in total. The van der Waals surface area contributed by atoms with Crippen LogP contribution in [0.1, 0.15) is 18.5 Å². The van der Waals surface area contributed by atoms with Crippen LogP contribution in [0.3, 0.4) is 0 Å². The van der Waals surface area contributed by atoms with Gasteiger partial charge in [-0.2, -0.15) is 0 Å². The number of ether oxygens (including phenoxy) is 1. The molecule has 0 aliphatic heterocycles. The molecule has 1 aliphatic carbocycles. The Morgan fingerprint density at radius 2 is 2.44 bits per heavy atom. The van der Waals surface area contributed by atoms with Crippen molar-refractivity contribution in [1.29, 1.82) is 0 Å². The number of aromatic nitrogens is 3. The summed E-state index contributed by atoms with van der Waals surface area (Å²) < 4.78 is 6.48. The lowest BCUT2D eigenvalue weighted by Gasteiger charge is -2.02. The summed E-state index contributed by atoms with van der Waals surface area (Å²) in [5.41, 5.74) is 0.824. The Balaban J connectivity index is 1.69. The third-order valence-electron chi connectivity index (χ3n) is 2.62. The van der Waals surface area contributed by atoms with E-state index >= 15 is 0 Å². The van der Waals surface area contributed by atoms with Gasteiger partial charge in [-0.3, -0.25) is 4.79 Å². The number of carbonyl (C=O) groups is 1. The minimum atomic E-state index is 0.00120. The maximum absolute atomic E-state index is 11.5. The first-order valence-electron chi connectivity index (χ1n) is 6.16. The molecular weight excluding hydrogens is 234 g/mol. The number of nitrogens with zero attached hydrogens (tertiary/aromatic N) is 3. The molecule has 0 spiro atoms. The molecule has 1 amide bonds. The molecule has 0 unspecified atom stereocenters. The second-order valence-corrected chi connectivity index (χ2v) is 4.42. The molecule has 1 heterocycles. The first-order valence-corrected chi connectivity index (χ1v) is 6.16. The first-order chi connectivity index (χ1) is 8.78. The maximum Gasteiger partial charge on any atom is 0.242 e. The highest BCUT2D eigenvalue weighted by atomic mass is 16.5. The van der Waals surface area contributed by atoms with Gasteiger partial charge in [0, 0.05) is 26.2 Å². The van der Waals surface area contributed by atoms with Gasteiger partial charge in [-0.25, -0.2) is 4.68 Å². The average Bonchev–Trinajstić information content (AvgIpc) is 3.04. The van der Waals surface area contributed by atoms with Crippen molar-refractivity contribution in [1.82, 2.24) is 25.6 Å². The molecule has 0 saturated heterocycles. The molecule has 7 heteroatoms. The van der Waals surface area contributed by atoms with Crippen molar-refractivity contribution in [3.05, 3.63) is 11.9 Å². The van der Waals surface area contributed by atoms with Gasteiger partial charge < -0.3 is 15.4 Å². The third kappa shape index (κ3) is 4.42. The van der Waals surface area contributed by atoms with E-state index in [-0.39, 0.29) is 12.5 Å². The summed E-state index contributed by atoms with van der Waals surface area (Å²) in [5, 5.41) is 14.0. The van der Waals surface area contributed by atoms with Crippen LogP contribution in [0.5, 0.6) is 0 Å². The Morgan fingerprint density at radius 1 is 1.61 bits per heavy atom. The van der Waals surface area contributed by atoms with Gasteiger partial charge in [0.15, 0.2) is 0 Å². The van der Waals surface area contributed by atoms with E-state index < -0.39 is 0 Å². The van der Waals surface area contributed by atoms with Gasteiger partial charge in [0.25, 0.3) is 0 Å². The second-order valence-electron chi connectivity index (χ2n) is 4.42. The van der Waals surface area contributed by atoms with Crippen molar-refractivity contribution < 1.29 is 9.53 Å². The molecule has 2 rings (SSSR count). The highest BCUT2D eigenvalue weighted by Crippen LogP contribution is 2.18. The Hall–Kier alpha value is -1.47. The quantitative estimate of drug-likeness (QED) is 0.598. The van der Waals surface area contributed by atoms with E-state index in [4.69, 9.17) is 4.74 Å². The van der Waals surface area contributed by atoms with Gasteiger partial charge in [-0.15, -0.1) is 5.10 Å². The lowest BCUT2D eigenvalue weighted by atomic mass is 10.4. The van der Waals surface area contributed by atoms with Crippen LogP contribution in [0.2, 0.25) is 0 Å². The van der Waals surface area contributed by atoms with Crippen molar-refractivity contribution in [2.75, 3.05) is 20.3 Å². The molecule has 7 nitrogen and oxygen atoms in total. The Bertz CT molecular complexity index is 389. The molecule has 1 aromatic heterocycles. The molecule has 0 radical (unpaired) electrons. The predicted molar refractivity (Wildman–Crippen MR) is 64.8 cm³/mol. The lowest BCUT2D eigenvalue weighted by molar-refractivity contribution is -0.122. The number of methoxy groups -OCH3 is 1. The van der Waals surface area contributed by atoms with Crippen molar-refractivity contribution >= 4 is 5.91 Å². The summed E-state index contributed by atoms with van der Waals surface area (Å²) in [7, 11) is 1.66. The smallest absolute Gasteiger partial charge is 0.242 e. The van der Waals surface area contributed by atoms with Gasteiger partial charge in [0.1, 0.15) is 6.54 Å². The van der Waals surface area contributed by atoms with Crippen LogP contribution in [0.4, 0.5) is 0 Å². The van der Waals surface area contributed by atoms with E-state index in [9.17, 15) is 4.79 Å². The third-order valence-corrected chi connectivity index (χ3v) is 2.62. The van der Waals surface area contributed by atoms with Crippen LogP contribution in [0.25, 0.3) is 0 Å². The van der Waals surface area contributed by atoms with Gasteiger partial charge >= 0.3 is 0 Å². The zero-order valence-electron chi connectivity index (χ0n) is 10.6. The molecule has 0 aromatic carbocycles. The van der Waals surface area contributed by atoms with E-state index in [0.717, 1.165) is 25.1 Å². The average molecular weight is 253 g/mol. The van der Waals surface area contributed by atoms with Crippen LogP contribution in [0.15, 0.2) is 6.20 Å². The SMILES string of the molecule is COCCNCc1cn(CC(=O)NC2CC2)nn1. The highest BCUT2D eigenvalue weighted by molar-refractivity contribution is 5.76. The summed E-state index contributed by atoms with van der Waals surface area (Å²) in [6.45, 7) is 2.30. The predicted octanol–water partition coefficient (Wildman–Crippen LogP) is -0.707. The molecule has 100 valence electrons. The number of carbonyl (C=O) groups excluding carboxylic acids is 1. The number of nitrogens with one attached hydrogen (secondary N) is 2. The minimum Gasteiger partial charge on any atom is -0.383 e. The summed E-state index contributed by atoms with van der Waals surface area (Å²) >= 11 is 0. The fourth-order valence-corrected chi connectivity index (χ4v) is 1.54. The summed E-state index contributed by atoms with van der Waals surface area (Å²) in [4.78, 5) is 11.5. The second kappa shape index (κ2) is 6.46. The fourth-order valence-electron chi connectivity index (χ4n) is 1.54. The molecule has 0 atom stereocenters. The Kier molecular flexibility index (Phi) is 4.66. The van der Waals surface area contributed by atoms with Gasteiger partial charge in [0.05, 0.1) is 18.5 Å². The van der Waals surface area contributed by atoms with Crippen LogP contribution >= 0.6 is 0 Å². The van der Waals surface area contributed by atoms with Crippen molar-refractivity contribution in [3.63, 3.8) is 0 Å². The van der Waals surface area contributed by atoms with Gasteiger partial charge in [0.2, 0.25) is 5.91 Å². The number of amides is 1. The van der Waals surface area contributed by atoms with E-state index in [1.807, 2.05) is 0 Å². The van der Waals surface area contributed by atoms with Gasteiger partial charge in [-0.05, 0) is 12.8 Å².